The van der Waals surface area contributed by atoms with Gasteiger partial charge in [-0.15, -0.1) is 11.8 Å². The van der Waals surface area contributed by atoms with E-state index in [0.29, 0.717) is 5.75 Å². The Bertz CT molecular complexity index is 310. The maximum atomic E-state index is 8.53. The number of hydrogen-bond acceptors (Lipinski definition) is 4. The van der Waals surface area contributed by atoms with Crippen LogP contribution in [-0.2, 0) is 0 Å². The number of nitriles is 1. The predicted molar refractivity (Wildman–Crippen MR) is 91.6 cm³/mol. The minimum absolute atomic E-state index is 0.648. The third-order valence-electron chi connectivity index (χ3n) is 4.85. The molecule has 0 aromatic heterocycles. The van der Waals surface area contributed by atoms with Crippen molar-refractivity contribution in [1.29, 1.82) is 5.26 Å². The highest BCUT2D eigenvalue weighted by Gasteiger charge is 2.19. The molecule has 0 radical (unpaired) electrons. The molecule has 0 aromatic carbocycles. The van der Waals surface area contributed by atoms with E-state index in [9.17, 15) is 0 Å². The van der Waals surface area contributed by atoms with Gasteiger partial charge in [0, 0.05) is 19.6 Å². The summed E-state index contributed by atoms with van der Waals surface area (Å²) in [5, 5.41) is 8.53. The van der Waals surface area contributed by atoms with Gasteiger partial charge in [0.1, 0.15) is 0 Å². The van der Waals surface area contributed by atoms with Gasteiger partial charge in [-0.25, -0.2) is 0 Å². The molecule has 1 aliphatic heterocycles. The summed E-state index contributed by atoms with van der Waals surface area (Å²) in [5.74, 6) is 2.76. The second-order valence-corrected chi connectivity index (χ2v) is 7.67. The molecule has 2 rings (SSSR count). The lowest BCUT2D eigenvalue weighted by Gasteiger charge is -2.28. The smallest absolute Gasteiger partial charge is 0.0808 e. The second kappa shape index (κ2) is 10.5. The number of thioether (sulfide) groups is 1. The minimum Gasteiger partial charge on any atom is -0.302 e. The molecule has 1 saturated heterocycles. The summed E-state index contributed by atoms with van der Waals surface area (Å²) < 4.78 is 0. The van der Waals surface area contributed by atoms with E-state index in [4.69, 9.17) is 5.26 Å². The molecule has 0 amide bonds. The van der Waals surface area contributed by atoms with E-state index in [1.807, 2.05) is 0 Å². The first-order chi connectivity index (χ1) is 10.4. The van der Waals surface area contributed by atoms with E-state index in [-0.39, 0.29) is 0 Å². The molecule has 4 heteroatoms. The first kappa shape index (κ1) is 17.1. The maximum absolute atomic E-state index is 8.53. The van der Waals surface area contributed by atoms with Gasteiger partial charge < -0.3 is 9.80 Å². The highest BCUT2D eigenvalue weighted by Crippen LogP contribution is 2.24. The summed E-state index contributed by atoms with van der Waals surface area (Å²) >= 11 is 1.77. The van der Waals surface area contributed by atoms with Crippen molar-refractivity contribution in [3.8, 4) is 6.07 Å². The zero-order valence-corrected chi connectivity index (χ0v) is 14.3. The standard InChI is InChI=1S/C17H31N3S/c18-8-15-21-14-5-11-19-9-4-10-20(13-12-19)16-17-6-2-1-3-7-17/h17H,1-7,9-16H2. The molecule has 0 bridgehead atoms. The van der Waals surface area contributed by atoms with Crippen molar-refractivity contribution in [3.05, 3.63) is 0 Å². The summed E-state index contributed by atoms with van der Waals surface area (Å²) in [4.78, 5) is 5.36. The van der Waals surface area contributed by atoms with Crippen LogP contribution in [0.5, 0.6) is 0 Å². The number of nitrogens with zero attached hydrogens (tertiary/aromatic N) is 3. The molecule has 1 heterocycles. The molecule has 2 aliphatic rings. The van der Waals surface area contributed by atoms with Crippen LogP contribution >= 0.6 is 11.8 Å². The molecule has 21 heavy (non-hydrogen) atoms. The van der Waals surface area contributed by atoms with Crippen molar-refractivity contribution in [2.45, 2.75) is 44.9 Å². The number of hydrogen-bond donors (Lipinski definition) is 0. The molecular formula is C17H31N3S. The van der Waals surface area contributed by atoms with Gasteiger partial charge in [0.25, 0.3) is 0 Å². The zero-order chi connectivity index (χ0) is 14.8. The lowest BCUT2D eigenvalue weighted by Crippen LogP contribution is -2.34. The highest BCUT2D eigenvalue weighted by molar-refractivity contribution is 7.99. The Morgan fingerprint density at radius 1 is 0.952 bits per heavy atom. The van der Waals surface area contributed by atoms with E-state index in [1.54, 1.807) is 11.8 Å². The summed E-state index contributed by atoms with van der Waals surface area (Å²) in [6.07, 6.45) is 9.89. The Kier molecular flexibility index (Phi) is 8.54. The van der Waals surface area contributed by atoms with Crippen LogP contribution in [0.15, 0.2) is 0 Å². The van der Waals surface area contributed by atoms with Gasteiger partial charge in [0.15, 0.2) is 0 Å². The van der Waals surface area contributed by atoms with Crippen LogP contribution in [0.25, 0.3) is 0 Å². The lowest BCUT2D eigenvalue weighted by molar-refractivity contribution is 0.201. The molecule has 0 aromatic rings. The molecule has 0 unspecified atom stereocenters. The van der Waals surface area contributed by atoms with Gasteiger partial charge in [-0.05, 0) is 57.0 Å². The minimum atomic E-state index is 0.648. The van der Waals surface area contributed by atoms with Crippen molar-refractivity contribution in [1.82, 2.24) is 9.80 Å². The number of rotatable bonds is 7. The van der Waals surface area contributed by atoms with Gasteiger partial charge in [-0.2, -0.15) is 5.26 Å². The highest BCUT2D eigenvalue weighted by atomic mass is 32.2. The third-order valence-corrected chi connectivity index (χ3v) is 5.76. The summed E-state index contributed by atoms with van der Waals surface area (Å²) in [6, 6.07) is 2.20. The fourth-order valence-electron chi connectivity index (χ4n) is 3.67. The van der Waals surface area contributed by atoms with Gasteiger partial charge >= 0.3 is 0 Å². The van der Waals surface area contributed by atoms with Gasteiger partial charge in [-0.1, -0.05) is 19.3 Å². The van der Waals surface area contributed by atoms with Gasteiger partial charge in [-0.3, -0.25) is 0 Å². The van der Waals surface area contributed by atoms with E-state index in [0.717, 1.165) is 11.7 Å². The Morgan fingerprint density at radius 3 is 2.52 bits per heavy atom. The first-order valence-corrected chi connectivity index (χ1v) is 9.93. The average molecular weight is 310 g/mol. The normalized spacial score (nSPS) is 22.8. The van der Waals surface area contributed by atoms with E-state index in [1.165, 1.54) is 84.2 Å². The van der Waals surface area contributed by atoms with Gasteiger partial charge in [0.05, 0.1) is 11.8 Å². The fourth-order valence-corrected chi connectivity index (χ4v) is 4.24. The van der Waals surface area contributed by atoms with Crippen molar-refractivity contribution in [2.75, 3.05) is 50.8 Å². The van der Waals surface area contributed by atoms with E-state index < -0.39 is 0 Å². The molecule has 120 valence electrons. The van der Waals surface area contributed by atoms with Crippen LogP contribution in [0.1, 0.15) is 44.9 Å². The predicted octanol–water partition coefficient (Wildman–Crippen LogP) is 3.22. The monoisotopic (exact) mass is 309 g/mol. The molecular weight excluding hydrogens is 278 g/mol. The Hall–Kier alpha value is -0.240. The van der Waals surface area contributed by atoms with Gasteiger partial charge in [0.2, 0.25) is 0 Å². The van der Waals surface area contributed by atoms with Crippen molar-refractivity contribution < 1.29 is 0 Å². The third kappa shape index (κ3) is 7.04. The van der Waals surface area contributed by atoms with Crippen molar-refractivity contribution in [3.63, 3.8) is 0 Å². The Morgan fingerprint density at radius 2 is 1.71 bits per heavy atom. The van der Waals surface area contributed by atoms with Crippen LogP contribution in [0.3, 0.4) is 0 Å². The molecule has 3 nitrogen and oxygen atoms in total. The second-order valence-electron chi connectivity index (χ2n) is 6.56. The zero-order valence-electron chi connectivity index (χ0n) is 13.4. The molecule has 0 atom stereocenters. The van der Waals surface area contributed by atoms with Crippen molar-refractivity contribution >= 4 is 11.8 Å². The molecule has 0 spiro atoms. The molecule has 1 aliphatic carbocycles. The Labute approximate surface area is 135 Å². The fraction of sp³-hybridized carbons (Fsp3) is 0.941. The molecule has 1 saturated carbocycles. The van der Waals surface area contributed by atoms with Crippen LogP contribution in [-0.4, -0.2) is 60.6 Å². The van der Waals surface area contributed by atoms with Crippen LogP contribution in [0.4, 0.5) is 0 Å². The van der Waals surface area contributed by atoms with E-state index in [2.05, 4.69) is 15.9 Å². The summed E-state index contributed by atoms with van der Waals surface area (Å²) in [7, 11) is 0. The van der Waals surface area contributed by atoms with Crippen LogP contribution in [0, 0.1) is 17.2 Å². The maximum Gasteiger partial charge on any atom is 0.0808 e. The summed E-state index contributed by atoms with van der Waals surface area (Å²) in [6.45, 7) is 7.65. The Balaban J connectivity index is 1.59. The lowest BCUT2D eigenvalue weighted by atomic mass is 9.89. The molecule has 0 N–H and O–H groups in total. The quantitative estimate of drug-likeness (QED) is 0.676. The summed E-state index contributed by atoms with van der Waals surface area (Å²) in [5.41, 5.74) is 0. The SMILES string of the molecule is N#CCSCCCN1CCCN(CC2CCCCC2)CC1. The topological polar surface area (TPSA) is 30.3 Å². The molecule has 2 fully saturated rings. The first-order valence-electron chi connectivity index (χ1n) is 8.78. The van der Waals surface area contributed by atoms with E-state index >= 15 is 0 Å². The van der Waals surface area contributed by atoms with Crippen molar-refractivity contribution in [2.24, 2.45) is 5.92 Å². The largest absolute Gasteiger partial charge is 0.302 e. The average Bonchev–Trinajstić information content (AvgIpc) is 2.74. The van der Waals surface area contributed by atoms with Crippen LogP contribution in [0.2, 0.25) is 0 Å². The van der Waals surface area contributed by atoms with Crippen LogP contribution < -0.4 is 0 Å².